The highest BCUT2D eigenvalue weighted by atomic mass is 15.3. The quantitative estimate of drug-likeness (QED) is 0.775. The monoisotopic (exact) mass is 191 g/mol. The molecule has 5 nitrogen and oxygen atoms in total. The Morgan fingerprint density at radius 1 is 1.43 bits per heavy atom. The average Bonchev–Trinajstić information content (AvgIpc) is 2.74. The number of hydrogen-bond acceptors (Lipinski definition) is 3. The van der Waals surface area contributed by atoms with E-state index >= 15 is 0 Å². The third-order valence-corrected chi connectivity index (χ3v) is 2.13. The zero-order valence-corrected chi connectivity index (χ0v) is 8.09. The highest BCUT2D eigenvalue weighted by molar-refractivity contribution is 5.35. The van der Waals surface area contributed by atoms with Crippen molar-refractivity contribution in [1.29, 1.82) is 0 Å². The van der Waals surface area contributed by atoms with Crippen molar-refractivity contribution in [3.63, 3.8) is 0 Å². The van der Waals surface area contributed by atoms with E-state index in [0.29, 0.717) is 5.82 Å². The fourth-order valence-electron chi connectivity index (χ4n) is 1.29. The van der Waals surface area contributed by atoms with Gasteiger partial charge in [0.25, 0.3) is 0 Å². The average molecular weight is 191 g/mol. The molecule has 0 fully saturated rings. The molecule has 2 aromatic rings. The molecule has 0 aliphatic rings. The van der Waals surface area contributed by atoms with Crippen molar-refractivity contribution >= 4 is 5.82 Å². The molecule has 2 aromatic heterocycles. The van der Waals surface area contributed by atoms with Crippen molar-refractivity contribution in [1.82, 2.24) is 19.3 Å². The SMILES string of the molecule is Cc1cn(CCn2ccnc2)nc1N. The molecule has 0 bridgehead atoms. The lowest BCUT2D eigenvalue weighted by Gasteiger charge is -2.01. The number of rotatable bonds is 3. The van der Waals surface area contributed by atoms with Crippen LogP contribution in [0, 0.1) is 6.92 Å². The second-order valence-electron chi connectivity index (χ2n) is 3.26. The number of aromatic nitrogens is 4. The smallest absolute Gasteiger partial charge is 0.148 e. The Hall–Kier alpha value is -1.78. The highest BCUT2D eigenvalue weighted by Crippen LogP contribution is 2.05. The summed E-state index contributed by atoms with van der Waals surface area (Å²) in [7, 11) is 0. The van der Waals surface area contributed by atoms with E-state index in [1.54, 1.807) is 12.5 Å². The first kappa shape index (κ1) is 8.80. The number of anilines is 1. The molecule has 0 aliphatic carbocycles. The van der Waals surface area contributed by atoms with Crippen LogP contribution < -0.4 is 5.73 Å². The molecule has 0 saturated heterocycles. The van der Waals surface area contributed by atoms with Crippen molar-refractivity contribution in [2.45, 2.75) is 20.0 Å². The summed E-state index contributed by atoms with van der Waals surface area (Å²) in [6.45, 7) is 3.63. The van der Waals surface area contributed by atoms with Crippen LogP contribution >= 0.6 is 0 Å². The maximum absolute atomic E-state index is 5.64. The zero-order valence-electron chi connectivity index (χ0n) is 8.09. The molecule has 0 amide bonds. The molecule has 14 heavy (non-hydrogen) atoms. The largest absolute Gasteiger partial charge is 0.382 e. The second-order valence-corrected chi connectivity index (χ2v) is 3.26. The maximum Gasteiger partial charge on any atom is 0.148 e. The van der Waals surface area contributed by atoms with Crippen molar-refractivity contribution in [3.8, 4) is 0 Å². The molecule has 2 heterocycles. The van der Waals surface area contributed by atoms with Crippen LogP contribution in [-0.4, -0.2) is 19.3 Å². The molecule has 0 aromatic carbocycles. The van der Waals surface area contributed by atoms with E-state index in [1.807, 2.05) is 28.6 Å². The first-order valence-corrected chi connectivity index (χ1v) is 4.51. The molecular weight excluding hydrogens is 178 g/mol. The first-order chi connectivity index (χ1) is 6.75. The molecule has 0 unspecified atom stereocenters. The molecule has 0 atom stereocenters. The molecule has 5 heteroatoms. The summed E-state index contributed by atoms with van der Waals surface area (Å²) in [5, 5.41) is 4.17. The van der Waals surface area contributed by atoms with Crippen molar-refractivity contribution in [2.75, 3.05) is 5.73 Å². The zero-order chi connectivity index (χ0) is 9.97. The Morgan fingerprint density at radius 2 is 2.29 bits per heavy atom. The molecule has 2 rings (SSSR count). The van der Waals surface area contributed by atoms with Gasteiger partial charge in [0.2, 0.25) is 0 Å². The molecule has 0 saturated carbocycles. The molecule has 2 N–H and O–H groups in total. The highest BCUT2D eigenvalue weighted by Gasteiger charge is 1.99. The standard InChI is InChI=1S/C9H13N5/c1-8-6-14(12-9(8)10)5-4-13-3-2-11-7-13/h2-3,6-7H,4-5H2,1H3,(H2,10,12). The minimum absolute atomic E-state index is 0.607. The van der Waals surface area contributed by atoms with Crippen LogP contribution in [0.4, 0.5) is 5.82 Å². The maximum atomic E-state index is 5.64. The summed E-state index contributed by atoms with van der Waals surface area (Å²) in [6, 6.07) is 0. The van der Waals surface area contributed by atoms with Gasteiger partial charge in [-0.25, -0.2) is 4.98 Å². The molecule has 0 radical (unpaired) electrons. The van der Waals surface area contributed by atoms with Gasteiger partial charge in [-0.15, -0.1) is 0 Å². The van der Waals surface area contributed by atoms with E-state index in [9.17, 15) is 0 Å². The normalized spacial score (nSPS) is 10.6. The van der Waals surface area contributed by atoms with Gasteiger partial charge in [-0.1, -0.05) is 0 Å². The van der Waals surface area contributed by atoms with E-state index in [1.165, 1.54) is 0 Å². The lowest BCUT2D eigenvalue weighted by atomic mass is 10.4. The Morgan fingerprint density at radius 3 is 2.86 bits per heavy atom. The van der Waals surface area contributed by atoms with E-state index in [4.69, 9.17) is 5.73 Å². The van der Waals surface area contributed by atoms with Crippen LogP contribution in [0.25, 0.3) is 0 Å². The summed E-state index contributed by atoms with van der Waals surface area (Å²) in [5.41, 5.74) is 6.66. The molecule has 74 valence electrons. The third kappa shape index (κ3) is 1.76. The molecule has 0 aliphatic heterocycles. The minimum atomic E-state index is 0.607. The predicted molar refractivity (Wildman–Crippen MR) is 53.6 cm³/mol. The van der Waals surface area contributed by atoms with Gasteiger partial charge in [-0.05, 0) is 6.92 Å². The topological polar surface area (TPSA) is 61.7 Å². The van der Waals surface area contributed by atoms with Gasteiger partial charge in [0.1, 0.15) is 5.82 Å². The van der Waals surface area contributed by atoms with Gasteiger partial charge >= 0.3 is 0 Å². The van der Waals surface area contributed by atoms with Crippen LogP contribution in [0.15, 0.2) is 24.9 Å². The fraction of sp³-hybridized carbons (Fsp3) is 0.333. The number of aryl methyl sites for hydroxylation is 3. The first-order valence-electron chi connectivity index (χ1n) is 4.51. The van der Waals surface area contributed by atoms with Gasteiger partial charge in [-0.3, -0.25) is 4.68 Å². The van der Waals surface area contributed by atoms with Gasteiger partial charge in [0.15, 0.2) is 0 Å². The lowest BCUT2D eigenvalue weighted by Crippen LogP contribution is -2.06. The number of nitrogens with two attached hydrogens (primary N) is 1. The number of imidazole rings is 1. The van der Waals surface area contributed by atoms with Gasteiger partial charge in [0, 0.05) is 30.7 Å². The summed E-state index contributed by atoms with van der Waals surface area (Å²) in [4.78, 5) is 3.97. The van der Waals surface area contributed by atoms with Crippen molar-refractivity contribution in [3.05, 3.63) is 30.5 Å². The number of nitrogens with zero attached hydrogens (tertiary/aromatic N) is 4. The van der Waals surface area contributed by atoms with Crippen LogP contribution in [0.5, 0.6) is 0 Å². The predicted octanol–water partition coefficient (Wildman–Crippen LogP) is 0.670. The number of hydrogen-bond donors (Lipinski definition) is 1. The molecular formula is C9H13N5. The summed E-state index contributed by atoms with van der Waals surface area (Å²) >= 11 is 0. The van der Waals surface area contributed by atoms with Crippen LogP contribution in [-0.2, 0) is 13.1 Å². The summed E-state index contributed by atoms with van der Waals surface area (Å²) in [5.74, 6) is 0.607. The van der Waals surface area contributed by atoms with Crippen LogP contribution in [0.2, 0.25) is 0 Å². The lowest BCUT2D eigenvalue weighted by molar-refractivity contribution is 0.534. The van der Waals surface area contributed by atoms with Gasteiger partial charge in [-0.2, -0.15) is 5.10 Å². The van der Waals surface area contributed by atoms with Gasteiger partial charge in [0.05, 0.1) is 12.9 Å². The molecule has 0 spiro atoms. The van der Waals surface area contributed by atoms with Crippen LogP contribution in [0.1, 0.15) is 5.56 Å². The van der Waals surface area contributed by atoms with E-state index in [-0.39, 0.29) is 0 Å². The van der Waals surface area contributed by atoms with E-state index in [2.05, 4.69) is 10.1 Å². The second kappa shape index (κ2) is 3.53. The Labute approximate surface area is 82.2 Å². The Bertz CT molecular complexity index is 381. The van der Waals surface area contributed by atoms with Crippen LogP contribution in [0.3, 0.4) is 0 Å². The third-order valence-electron chi connectivity index (χ3n) is 2.13. The van der Waals surface area contributed by atoms with E-state index < -0.39 is 0 Å². The van der Waals surface area contributed by atoms with Crippen molar-refractivity contribution in [2.24, 2.45) is 0 Å². The van der Waals surface area contributed by atoms with Gasteiger partial charge < -0.3 is 10.3 Å². The Kier molecular flexibility index (Phi) is 2.22. The minimum Gasteiger partial charge on any atom is -0.382 e. The number of nitrogen functional groups attached to an aromatic ring is 1. The van der Waals surface area contributed by atoms with Crippen molar-refractivity contribution < 1.29 is 0 Å². The summed E-state index contributed by atoms with van der Waals surface area (Å²) < 4.78 is 3.86. The Balaban J connectivity index is 1.98. The van der Waals surface area contributed by atoms with E-state index in [0.717, 1.165) is 18.7 Å². The fourth-order valence-corrected chi connectivity index (χ4v) is 1.29. The summed E-state index contributed by atoms with van der Waals surface area (Å²) in [6.07, 6.45) is 7.44.